The van der Waals surface area contributed by atoms with E-state index in [0.717, 1.165) is 63.6 Å². The number of carbonyl (C=O) groups excluding carboxylic acids is 1. The van der Waals surface area contributed by atoms with Crippen LogP contribution >= 0.6 is 24.0 Å². The Morgan fingerprint density at radius 2 is 1.94 bits per heavy atom. The zero-order chi connectivity index (χ0) is 21.8. The van der Waals surface area contributed by atoms with E-state index >= 15 is 0 Å². The fourth-order valence-electron chi connectivity index (χ4n) is 3.40. The van der Waals surface area contributed by atoms with Crippen LogP contribution in [0.1, 0.15) is 42.1 Å². The lowest BCUT2D eigenvalue weighted by atomic mass is 10.1. The van der Waals surface area contributed by atoms with E-state index in [2.05, 4.69) is 17.1 Å². The Kier molecular flexibility index (Phi) is 13.5. The number of piperidine rings is 1. The molecule has 1 fully saturated rings. The van der Waals surface area contributed by atoms with Crippen molar-refractivity contribution in [3.63, 3.8) is 0 Å². The van der Waals surface area contributed by atoms with Crippen LogP contribution in [-0.4, -0.2) is 77.1 Å². The molecule has 0 bridgehead atoms. The number of aliphatic imine (C=N–C) groups is 1. The second kappa shape index (κ2) is 15.3. The minimum absolute atomic E-state index is 0. The number of nitrogens with zero attached hydrogens (tertiary/aromatic N) is 2. The van der Waals surface area contributed by atoms with Gasteiger partial charge in [-0.05, 0) is 43.9 Å². The number of hydrogen-bond acceptors (Lipinski definition) is 6. The number of ether oxygens (including phenoxy) is 4. The highest BCUT2D eigenvalue weighted by atomic mass is 127. The highest BCUT2D eigenvalue weighted by molar-refractivity contribution is 14.0. The van der Waals surface area contributed by atoms with E-state index in [0.29, 0.717) is 24.0 Å². The molecule has 8 nitrogen and oxygen atoms in total. The molecule has 0 unspecified atom stereocenters. The Morgan fingerprint density at radius 1 is 1.19 bits per heavy atom. The number of likely N-dealkylation sites (tertiary alicyclic amines) is 1. The summed E-state index contributed by atoms with van der Waals surface area (Å²) in [7, 11) is 4.61. The van der Waals surface area contributed by atoms with Crippen molar-refractivity contribution in [2.75, 3.05) is 54.2 Å². The zero-order valence-electron chi connectivity index (χ0n) is 19.0. The van der Waals surface area contributed by atoms with Gasteiger partial charge in [-0.2, -0.15) is 0 Å². The van der Waals surface area contributed by atoms with Crippen LogP contribution in [0.3, 0.4) is 0 Å². The lowest BCUT2D eigenvalue weighted by Gasteiger charge is -2.34. The number of guanidine groups is 1. The van der Waals surface area contributed by atoms with Gasteiger partial charge in [-0.15, -0.1) is 24.0 Å². The molecule has 0 aromatic heterocycles. The molecular weight excluding hydrogens is 513 g/mol. The Hall–Kier alpha value is -1.59. The first kappa shape index (κ1) is 27.4. The molecule has 1 N–H and O–H groups in total. The van der Waals surface area contributed by atoms with Crippen molar-refractivity contribution in [1.82, 2.24) is 10.2 Å². The summed E-state index contributed by atoms with van der Waals surface area (Å²) in [5.74, 6) is 0.956. The molecule has 0 atom stereocenters. The lowest BCUT2D eigenvalue weighted by Crippen LogP contribution is -2.47. The first-order valence-corrected chi connectivity index (χ1v) is 10.5. The van der Waals surface area contributed by atoms with Gasteiger partial charge in [0, 0.05) is 40.0 Å². The molecule has 0 saturated carbocycles. The minimum Gasteiger partial charge on any atom is -0.496 e. The van der Waals surface area contributed by atoms with E-state index in [1.54, 1.807) is 19.2 Å². The Labute approximate surface area is 202 Å². The number of esters is 1. The van der Waals surface area contributed by atoms with Crippen molar-refractivity contribution in [3.8, 4) is 5.75 Å². The Bertz CT molecular complexity index is 694. The summed E-state index contributed by atoms with van der Waals surface area (Å²) in [5.41, 5.74) is 1.33. The van der Waals surface area contributed by atoms with Crippen LogP contribution in [-0.2, 0) is 20.8 Å². The lowest BCUT2D eigenvalue weighted by molar-refractivity contribution is 0.00990. The van der Waals surface area contributed by atoms with Gasteiger partial charge in [-0.1, -0.05) is 6.07 Å². The van der Waals surface area contributed by atoms with Crippen molar-refractivity contribution in [3.05, 3.63) is 29.3 Å². The Morgan fingerprint density at radius 3 is 2.55 bits per heavy atom. The third kappa shape index (κ3) is 8.82. The van der Waals surface area contributed by atoms with Crippen molar-refractivity contribution in [2.24, 2.45) is 4.99 Å². The first-order chi connectivity index (χ1) is 14.6. The van der Waals surface area contributed by atoms with Gasteiger partial charge in [0.05, 0.1) is 26.9 Å². The second-order valence-electron chi connectivity index (χ2n) is 7.10. The third-order valence-corrected chi connectivity index (χ3v) is 5.00. The summed E-state index contributed by atoms with van der Waals surface area (Å²) in [5, 5.41) is 3.37. The van der Waals surface area contributed by atoms with Crippen molar-refractivity contribution in [2.45, 2.75) is 38.8 Å². The quantitative estimate of drug-likeness (QED) is 0.158. The maximum Gasteiger partial charge on any atom is 0.341 e. The fraction of sp³-hybridized carbons (Fsp3) is 0.636. The molecule has 31 heavy (non-hydrogen) atoms. The first-order valence-electron chi connectivity index (χ1n) is 10.5. The SMILES string of the molecule is CCNC(=NCc1ccc(OC)c(C(=O)OC)c1)N1CCC(OCCCOC)CC1.I. The molecule has 1 heterocycles. The van der Waals surface area contributed by atoms with Gasteiger partial charge < -0.3 is 29.2 Å². The summed E-state index contributed by atoms with van der Waals surface area (Å²) >= 11 is 0. The van der Waals surface area contributed by atoms with E-state index in [1.807, 2.05) is 6.07 Å². The Balaban J connectivity index is 0.00000480. The molecule has 0 spiro atoms. The number of rotatable bonds is 10. The van der Waals surface area contributed by atoms with E-state index in [-0.39, 0.29) is 24.0 Å². The summed E-state index contributed by atoms with van der Waals surface area (Å²) < 4.78 is 21.1. The normalized spacial score (nSPS) is 14.7. The van der Waals surface area contributed by atoms with Crippen LogP contribution in [0.2, 0.25) is 0 Å². The van der Waals surface area contributed by atoms with Crippen LogP contribution in [0.5, 0.6) is 5.75 Å². The smallest absolute Gasteiger partial charge is 0.341 e. The van der Waals surface area contributed by atoms with E-state index in [1.165, 1.54) is 14.2 Å². The molecule has 9 heteroatoms. The monoisotopic (exact) mass is 549 g/mol. The van der Waals surface area contributed by atoms with Gasteiger partial charge in [0.25, 0.3) is 0 Å². The predicted molar refractivity (Wildman–Crippen MR) is 132 cm³/mol. The van der Waals surface area contributed by atoms with Crippen LogP contribution in [0.25, 0.3) is 0 Å². The number of benzene rings is 1. The number of hydrogen-bond donors (Lipinski definition) is 1. The molecular formula is C22H36IN3O5. The average molecular weight is 549 g/mol. The molecule has 176 valence electrons. The van der Waals surface area contributed by atoms with E-state index < -0.39 is 5.97 Å². The average Bonchev–Trinajstić information content (AvgIpc) is 2.79. The molecule has 2 rings (SSSR count). The summed E-state index contributed by atoms with van der Waals surface area (Å²) in [4.78, 5) is 19.0. The number of nitrogens with one attached hydrogen (secondary N) is 1. The summed E-state index contributed by atoms with van der Waals surface area (Å²) in [6.45, 7) is 6.59. The predicted octanol–water partition coefficient (Wildman–Crippen LogP) is 3.08. The van der Waals surface area contributed by atoms with Crippen molar-refractivity contribution in [1.29, 1.82) is 0 Å². The van der Waals surface area contributed by atoms with Gasteiger partial charge in [-0.3, -0.25) is 0 Å². The molecule has 1 aromatic carbocycles. The van der Waals surface area contributed by atoms with Gasteiger partial charge in [0.1, 0.15) is 11.3 Å². The molecule has 1 saturated heterocycles. The standard InChI is InChI=1S/C22H35N3O5.HI/c1-5-23-22(25-11-9-18(10-12-25)30-14-6-13-27-2)24-16-17-7-8-20(28-3)19(15-17)21(26)29-4;/h7-8,15,18H,5-6,9-14,16H2,1-4H3,(H,23,24);1H. The molecule has 0 radical (unpaired) electrons. The number of halogens is 1. The highest BCUT2D eigenvalue weighted by Gasteiger charge is 2.22. The maximum atomic E-state index is 12.0. The molecule has 1 aromatic rings. The van der Waals surface area contributed by atoms with Crippen molar-refractivity contribution < 1.29 is 23.7 Å². The molecule has 0 aliphatic carbocycles. The van der Waals surface area contributed by atoms with Crippen LogP contribution < -0.4 is 10.1 Å². The topological polar surface area (TPSA) is 81.6 Å². The zero-order valence-corrected chi connectivity index (χ0v) is 21.3. The van der Waals surface area contributed by atoms with Gasteiger partial charge in [0.2, 0.25) is 0 Å². The van der Waals surface area contributed by atoms with Crippen molar-refractivity contribution >= 4 is 35.9 Å². The minimum atomic E-state index is -0.419. The molecule has 1 aliphatic heterocycles. The van der Waals surface area contributed by atoms with E-state index in [9.17, 15) is 4.79 Å². The van der Waals surface area contributed by atoms with Gasteiger partial charge in [0.15, 0.2) is 5.96 Å². The highest BCUT2D eigenvalue weighted by Crippen LogP contribution is 2.21. The van der Waals surface area contributed by atoms with Gasteiger partial charge in [-0.25, -0.2) is 9.79 Å². The van der Waals surface area contributed by atoms with E-state index in [4.69, 9.17) is 23.9 Å². The number of methoxy groups -OCH3 is 3. The number of carbonyl (C=O) groups is 1. The van der Waals surface area contributed by atoms with Crippen LogP contribution in [0.4, 0.5) is 0 Å². The van der Waals surface area contributed by atoms with Gasteiger partial charge >= 0.3 is 5.97 Å². The molecule has 0 amide bonds. The second-order valence-corrected chi connectivity index (χ2v) is 7.10. The fourth-order valence-corrected chi connectivity index (χ4v) is 3.40. The summed E-state index contributed by atoms with van der Waals surface area (Å²) in [6, 6.07) is 5.46. The third-order valence-electron chi connectivity index (χ3n) is 5.00. The summed E-state index contributed by atoms with van der Waals surface area (Å²) in [6.07, 6.45) is 3.18. The molecule has 1 aliphatic rings. The van der Waals surface area contributed by atoms with Crippen LogP contribution in [0, 0.1) is 0 Å². The van der Waals surface area contributed by atoms with Crippen LogP contribution in [0.15, 0.2) is 23.2 Å². The largest absolute Gasteiger partial charge is 0.496 e. The maximum absolute atomic E-state index is 12.0.